The SMILES string of the molecule is O=C(NCCCCBr)C1C2CCCC21. The molecule has 2 unspecified atom stereocenters. The Morgan fingerprint density at radius 3 is 2.64 bits per heavy atom. The van der Waals surface area contributed by atoms with Crippen LogP contribution >= 0.6 is 15.9 Å². The van der Waals surface area contributed by atoms with Crippen LogP contribution in [0.2, 0.25) is 0 Å². The maximum atomic E-state index is 11.7. The lowest BCUT2D eigenvalue weighted by atomic mass is 10.1. The predicted molar refractivity (Wildman–Crippen MR) is 60.4 cm³/mol. The molecule has 1 amide bonds. The largest absolute Gasteiger partial charge is 0.356 e. The summed E-state index contributed by atoms with van der Waals surface area (Å²) in [5.41, 5.74) is 0. The average Bonchev–Trinajstić information content (AvgIpc) is 2.67. The third-order valence-electron chi connectivity index (χ3n) is 3.57. The van der Waals surface area contributed by atoms with Crippen LogP contribution in [0.4, 0.5) is 0 Å². The summed E-state index contributed by atoms with van der Waals surface area (Å²) in [7, 11) is 0. The first-order valence-corrected chi connectivity index (χ1v) is 6.80. The molecule has 2 aliphatic carbocycles. The number of carbonyl (C=O) groups excluding carboxylic acids is 1. The molecule has 2 fully saturated rings. The van der Waals surface area contributed by atoms with Crippen molar-refractivity contribution in [2.45, 2.75) is 32.1 Å². The van der Waals surface area contributed by atoms with Crippen molar-refractivity contribution in [3.63, 3.8) is 0 Å². The van der Waals surface area contributed by atoms with Crippen molar-refractivity contribution < 1.29 is 4.79 Å². The minimum Gasteiger partial charge on any atom is -0.356 e. The van der Waals surface area contributed by atoms with E-state index in [4.69, 9.17) is 0 Å². The molecule has 14 heavy (non-hydrogen) atoms. The van der Waals surface area contributed by atoms with Gasteiger partial charge in [-0.3, -0.25) is 4.79 Å². The van der Waals surface area contributed by atoms with E-state index in [0.717, 1.165) is 36.6 Å². The van der Waals surface area contributed by atoms with Crippen LogP contribution in [0.25, 0.3) is 0 Å². The summed E-state index contributed by atoms with van der Waals surface area (Å²) in [5.74, 6) is 2.24. The van der Waals surface area contributed by atoms with Gasteiger partial charge in [-0.15, -0.1) is 0 Å². The number of halogens is 1. The van der Waals surface area contributed by atoms with E-state index in [1.165, 1.54) is 19.3 Å². The van der Waals surface area contributed by atoms with Crippen molar-refractivity contribution in [3.05, 3.63) is 0 Å². The number of unbranched alkanes of at least 4 members (excludes halogenated alkanes) is 1. The Kier molecular flexibility index (Phi) is 3.47. The fraction of sp³-hybridized carbons (Fsp3) is 0.909. The second-order valence-electron chi connectivity index (χ2n) is 4.47. The molecule has 2 saturated carbocycles. The molecule has 2 rings (SSSR count). The Hall–Kier alpha value is -0.0500. The summed E-state index contributed by atoms with van der Waals surface area (Å²) >= 11 is 3.38. The van der Waals surface area contributed by atoms with Crippen LogP contribution in [-0.2, 0) is 4.79 Å². The molecule has 3 heteroatoms. The van der Waals surface area contributed by atoms with E-state index in [1.54, 1.807) is 0 Å². The summed E-state index contributed by atoms with van der Waals surface area (Å²) in [6, 6.07) is 0. The molecule has 0 aliphatic heterocycles. The number of amides is 1. The number of fused-ring (bicyclic) bond motifs is 1. The van der Waals surface area contributed by atoms with E-state index < -0.39 is 0 Å². The number of alkyl halides is 1. The zero-order chi connectivity index (χ0) is 9.97. The average molecular weight is 260 g/mol. The number of hydrogen-bond donors (Lipinski definition) is 1. The summed E-state index contributed by atoms with van der Waals surface area (Å²) in [6.07, 6.45) is 6.19. The van der Waals surface area contributed by atoms with Gasteiger partial charge in [-0.2, -0.15) is 0 Å². The third kappa shape index (κ3) is 2.13. The highest BCUT2D eigenvalue weighted by Crippen LogP contribution is 2.57. The van der Waals surface area contributed by atoms with Gasteiger partial charge in [0.25, 0.3) is 0 Å². The van der Waals surface area contributed by atoms with Crippen LogP contribution in [0, 0.1) is 17.8 Å². The molecule has 0 spiro atoms. The van der Waals surface area contributed by atoms with E-state index in [1.807, 2.05) is 0 Å². The van der Waals surface area contributed by atoms with Gasteiger partial charge in [0.2, 0.25) is 5.91 Å². The molecule has 0 aromatic heterocycles. The molecule has 0 bridgehead atoms. The second-order valence-corrected chi connectivity index (χ2v) is 5.26. The van der Waals surface area contributed by atoms with Gasteiger partial charge in [-0.1, -0.05) is 22.4 Å². The van der Waals surface area contributed by atoms with Crippen molar-refractivity contribution in [3.8, 4) is 0 Å². The molecule has 0 saturated heterocycles. The van der Waals surface area contributed by atoms with Crippen molar-refractivity contribution >= 4 is 21.8 Å². The zero-order valence-corrected chi connectivity index (χ0v) is 10.1. The Balaban J connectivity index is 1.61. The van der Waals surface area contributed by atoms with Crippen LogP contribution in [0.3, 0.4) is 0 Å². The maximum absolute atomic E-state index is 11.7. The maximum Gasteiger partial charge on any atom is 0.223 e. The van der Waals surface area contributed by atoms with Crippen molar-refractivity contribution in [1.82, 2.24) is 5.32 Å². The van der Waals surface area contributed by atoms with Crippen LogP contribution in [-0.4, -0.2) is 17.8 Å². The van der Waals surface area contributed by atoms with Gasteiger partial charge in [-0.25, -0.2) is 0 Å². The molecule has 2 nitrogen and oxygen atoms in total. The number of rotatable bonds is 5. The Labute approximate surface area is 94.0 Å². The monoisotopic (exact) mass is 259 g/mol. The fourth-order valence-electron chi connectivity index (χ4n) is 2.76. The Morgan fingerprint density at radius 1 is 1.29 bits per heavy atom. The highest BCUT2D eigenvalue weighted by atomic mass is 79.9. The topological polar surface area (TPSA) is 29.1 Å². The van der Waals surface area contributed by atoms with E-state index >= 15 is 0 Å². The van der Waals surface area contributed by atoms with E-state index in [2.05, 4.69) is 21.2 Å². The minimum absolute atomic E-state index is 0.328. The molecule has 80 valence electrons. The summed E-state index contributed by atoms with van der Waals surface area (Å²) in [4.78, 5) is 11.7. The lowest BCUT2D eigenvalue weighted by molar-refractivity contribution is -0.123. The number of hydrogen-bond acceptors (Lipinski definition) is 1. The summed E-state index contributed by atoms with van der Waals surface area (Å²) in [6.45, 7) is 0.861. The summed E-state index contributed by atoms with van der Waals surface area (Å²) in [5, 5.41) is 4.09. The van der Waals surface area contributed by atoms with Crippen molar-refractivity contribution in [2.75, 3.05) is 11.9 Å². The van der Waals surface area contributed by atoms with E-state index in [-0.39, 0.29) is 0 Å². The lowest BCUT2D eigenvalue weighted by Gasteiger charge is -2.05. The standard InChI is InChI=1S/C11H18BrNO/c12-6-1-2-7-13-11(14)10-8-4-3-5-9(8)10/h8-10H,1-7H2,(H,13,14). The highest BCUT2D eigenvalue weighted by Gasteiger charge is 2.56. The number of carbonyl (C=O) groups is 1. The molecular weight excluding hydrogens is 242 g/mol. The number of nitrogens with one attached hydrogen (secondary N) is 1. The highest BCUT2D eigenvalue weighted by molar-refractivity contribution is 9.09. The molecule has 0 aromatic carbocycles. The van der Waals surface area contributed by atoms with Gasteiger partial charge in [0, 0.05) is 17.8 Å². The van der Waals surface area contributed by atoms with Gasteiger partial charge in [0.1, 0.15) is 0 Å². The first-order chi connectivity index (χ1) is 6.84. The van der Waals surface area contributed by atoms with Crippen molar-refractivity contribution in [2.24, 2.45) is 17.8 Å². The van der Waals surface area contributed by atoms with Crippen LogP contribution in [0.1, 0.15) is 32.1 Å². The molecule has 0 heterocycles. The fourth-order valence-corrected chi connectivity index (χ4v) is 3.16. The van der Waals surface area contributed by atoms with Crippen LogP contribution < -0.4 is 5.32 Å². The molecule has 2 atom stereocenters. The Morgan fingerprint density at radius 2 is 2.00 bits per heavy atom. The lowest BCUT2D eigenvalue weighted by Crippen LogP contribution is -2.27. The smallest absolute Gasteiger partial charge is 0.223 e. The van der Waals surface area contributed by atoms with E-state index in [0.29, 0.717) is 11.8 Å². The first kappa shape index (κ1) is 10.5. The van der Waals surface area contributed by atoms with Gasteiger partial charge in [0.05, 0.1) is 0 Å². The Bertz CT molecular complexity index is 209. The molecule has 1 N–H and O–H groups in total. The zero-order valence-electron chi connectivity index (χ0n) is 8.47. The molecule has 0 aromatic rings. The molecule has 2 aliphatic rings. The van der Waals surface area contributed by atoms with Crippen molar-refractivity contribution in [1.29, 1.82) is 0 Å². The normalized spacial score (nSPS) is 33.9. The third-order valence-corrected chi connectivity index (χ3v) is 4.13. The molecule has 0 radical (unpaired) electrons. The molecular formula is C11H18BrNO. The van der Waals surface area contributed by atoms with Crippen LogP contribution in [0.5, 0.6) is 0 Å². The first-order valence-electron chi connectivity index (χ1n) is 5.68. The second kappa shape index (κ2) is 4.65. The van der Waals surface area contributed by atoms with Gasteiger partial charge in [-0.05, 0) is 37.5 Å². The predicted octanol–water partition coefficient (Wildman–Crippen LogP) is 2.32. The van der Waals surface area contributed by atoms with E-state index in [9.17, 15) is 4.79 Å². The van der Waals surface area contributed by atoms with Gasteiger partial charge < -0.3 is 5.32 Å². The van der Waals surface area contributed by atoms with Crippen LogP contribution in [0.15, 0.2) is 0 Å². The van der Waals surface area contributed by atoms with Gasteiger partial charge in [0.15, 0.2) is 0 Å². The van der Waals surface area contributed by atoms with Gasteiger partial charge >= 0.3 is 0 Å². The quantitative estimate of drug-likeness (QED) is 0.596. The summed E-state index contributed by atoms with van der Waals surface area (Å²) < 4.78 is 0. The minimum atomic E-state index is 0.328.